The highest BCUT2D eigenvalue weighted by Gasteiger charge is 2.61. The molecule has 2 rings (SSSR count). The number of ether oxygens (including phenoxy) is 1. The van der Waals surface area contributed by atoms with E-state index in [4.69, 9.17) is 16.3 Å². The van der Waals surface area contributed by atoms with Crippen LogP contribution >= 0.6 is 11.6 Å². The summed E-state index contributed by atoms with van der Waals surface area (Å²) in [6.45, 7) is 4.12. The fourth-order valence-corrected chi connectivity index (χ4v) is 2.68. The van der Waals surface area contributed by atoms with Gasteiger partial charge in [-0.3, -0.25) is 4.79 Å². The van der Waals surface area contributed by atoms with Gasteiger partial charge in [0, 0.05) is 5.03 Å². The molecule has 1 saturated carbocycles. The van der Waals surface area contributed by atoms with E-state index in [1.54, 1.807) is 0 Å². The smallest absolute Gasteiger partial charge is 0.309 e. The third kappa shape index (κ3) is 2.30. The highest BCUT2D eigenvalue weighted by Crippen LogP contribution is 2.60. The van der Waals surface area contributed by atoms with Crippen LogP contribution in [0.2, 0.25) is 0 Å². The predicted octanol–water partition coefficient (Wildman–Crippen LogP) is 3.71. The molecule has 1 aliphatic rings. The molecule has 3 heteroatoms. The van der Waals surface area contributed by atoms with Gasteiger partial charge in [-0.15, -0.1) is 0 Å². The summed E-state index contributed by atoms with van der Waals surface area (Å²) in [5.41, 5.74) is 0.910. The van der Waals surface area contributed by atoms with Crippen molar-refractivity contribution in [1.29, 1.82) is 0 Å². The first-order valence-electron chi connectivity index (χ1n) is 5.99. The van der Waals surface area contributed by atoms with Crippen molar-refractivity contribution in [3.8, 4) is 0 Å². The number of methoxy groups -OCH3 is 1. The van der Waals surface area contributed by atoms with Crippen LogP contribution < -0.4 is 0 Å². The normalized spacial score (nSPS) is 25.7. The van der Waals surface area contributed by atoms with Gasteiger partial charge in [0.15, 0.2) is 0 Å². The van der Waals surface area contributed by atoms with Gasteiger partial charge >= 0.3 is 5.97 Å². The Morgan fingerprint density at radius 2 is 1.94 bits per heavy atom. The summed E-state index contributed by atoms with van der Waals surface area (Å²) in [5, 5.41) is 0.695. The molecule has 1 aromatic carbocycles. The molecule has 0 unspecified atom stereocenters. The van der Waals surface area contributed by atoms with Crippen LogP contribution in [0, 0.1) is 17.3 Å². The minimum atomic E-state index is -0.154. The molecule has 1 fully saturated rings. The van der Waals surface area contributed by atoms with Gasteiger partial charge < -0.3 is 4.74 Å². The van der Waals surface area contributed by atoms with Gasteiger partial charge in [-0.2, -0.15) is 0 Å². The molecule has 2 atom stereocenters. The maximum Gasteiger partial charge on any atom is 0.309 e. The van der Waals surface area contributed by atoms with Crippen LogP contribution in [-0.2, 0) is 9.53 Å². The Kier molecular flexibility index (Phi) is 3.49. The van der Waals surface area contributed by atoms with Crippen LogP contribution in [0.3, 0.4) is 0 Å². The quantitative estimate of drug-likeness (QED) is 0.778. The summed E-state index contributed by atoms with van der Waals surface area (Å²) in [4.78, 5) is 11.6. The molecule has 0 amide bonds. The van der Waals surface area contributed by atoms with E-state index in [0.29, 0.717) is 5.03 Å². The second-order valence-electron chi connectivity index (χ2n) is 5.23. The van der Waals surface area contributed by atoms with Crippen molar-refractivity contribution < 1.29 is 9.53 Å². The van der Waals surface area contributed by atoms with Crippen LogP contribution in [0.4, 0.5) is 0 Å². The number of esters is 1. The Labute approximate surface area is 113 Å². The van der Waals surface area contributed by atoms with Crippen LogP contribution in [0.15, 0.2) is 36.4 Å². The molecule has 0 heterocycles. The molecule has 1 aromatic rings. The van der Waals surface area contributed by atoms with Gasteiger partial charge in [0.05, 0.1) is 13.0 Å². The minimum absolute atomic E-state index is 0.0674. The molecular weight excluding hydrogens is 248 g/mol. The zero-order valence-corrected chi connectivity index (χ0v) is 11.6. The molecule has 0 spiro atoms. The molecule has 0 N–H and O–H groups in total. The fourth-order valence-electron chi connectivity index (χ4n) is 2.42. The van der Waals surface area contributed by atoms with Gasteiger partial charge in [-0.1, -0.05) is 61.9 Å². The Bertz CT molecular complexity index is 477. The average Bonchev–Trinajstić information content (AvgIpc) is 2.91. The molecule has 0 aliphatic heterocycles. The van der Waals surface area contributed by atoms with E-state index in [9.17, 15) is 4.79 Å². The topological polar surface area (TPSA) is 26.3 Å². The first-order valence-corrected chi connectivity index (χ1v) is 6.37. The molecule has 0 radical (unpaired) electrons. The largest absolute Gasteiger partial charge is 0.469 e. The number of rotatable bonds is 3. The number of hydrogen-bond donors (Lipinski definition) is 0. The van der Waals surface area contributed by atoms with E-state index in [1.165, 1.54) is 7.11 Å². The second-order valence-corrected chi connectivity index (χ2v) is 5.64. The molecule has 1 aliphatic carbocycles. The van der Waals surface area contributed by atoms with Crippen LogP contribution in [-0.4, -0.2) is 13.1 Å². The zero-order chi connectivity index (χ0) is 13.3. The molecule has 0 bridgehead atoms. The third-order valence-electron chi connectivity index (χ3n) is 3.74. The SMILES string of the molecule is COC(=O)[C@@H]1[C@@H](/C=C(\Cl)c2ccccc2)C1(C)C. The van der Waals surface area contributed by atoms with Crippen molar-refractivity contribution in [2.75, 3.05) is 7.11 Å². The zero-order valence-electron chi connectivity index (χ0n) is 10.8. The predicted molar refractivity (Wildman–Crippen MR) is 73.0 cm³/mol. The highest BCUT2D eigenvalue weighted by atomic mass is 35.5. The number of carbonyl (C=O) groups excluding carboxylic acids is 1. The Hall–Kier alpha value is -1.28. The lowest BCUT2D eigenvalue weighted by molar-refractivity contribution is -0.143. The molecular formula is C15H17ClO2. The number of allylic oxidation sites excluding steroid dienone is 1. The van der Waals surface area contributed by atoms with Gasteiger partial charge in [0.2, 0.25) is 0 Å². The van der Waals surface area contributed by atoms with Crippen molar-refractivity contribution in [2.45, 2.75) is 13.8 Å². The monoisotopic (exact) mass is 264 g/mol. The van der Waals surface area contributed by atoms with E-state index >= 15 is 0 Å². The van der Waals surface area contributed by atoms with E-state index in [0.717, 1.165) is 5.56 Å². The van der Waals surface area contributed by atoms with E-state index in [2.05, 4.69) is 13.8 Å². The second kappa shape index (κ2) is 4.77. The summed E-state index contributed by atoms with van der Waals surface area (Å²) in [6, 6.07) is 9.76. The molecule has 96 valence electrons. The van der Waals surface area contributed by atoms with E-state index in [1.807, 2.05) is 36.4 Å². The molecule has 0 aromatic heterocycles. The lowest BCUT2D eigenvalue weighted by atomic mass is 10.1. The molecule has 0 saturated heterocycles. The fraction of sp³-hybridized carbons (Fsp3) is 0.400. The maximum absolute atomic E-state index is 11.6. The lowest BCUT2D eigenvalue weighted by Gasteiger charge is -2.00. The highest BCUT2D eigenvalue weighted by molar-refractivity contribution is 6.48. The van der Waals surface area contributed by atoms with Crippen molar-refractivity contribution in [3.05, 3.63) is 42.0 Å². The lowest BCUT2D eigenvalue weighted by Crippen LogP contribution is -2.07. The van der Waals surface area contributed by atoms with Crippen molar-refractivity contribution in [1.82, 2.24) is 0 Å². The van der Waals surface area contributed by atoms with E-state index < -0.39 is 0 Å². The van der Waals surface area contributed by atoms with Crippen LogP contribution in [0.1, 0.15) is 19.4 Å². The van der Waals surface area contributed by atoms with Crippen LogP contribution in [0.25, 0.3) is 5.03 Å². The van der Waals surface area contributed by atoms with Crippen LogP contribution in [0.5, 0.6) is 0 Å². The van der Waals surface area contributed by atoms with E-state index in [-0.39, 0.29) is 23.2 Å². The Morgan fingerprint density at radius 3 is 2.50 bits per heavy atom. The summed E-state index contributed by atoms with van der Waals surface area (Å²) < 4.78 is 4.82. The van der Waals surface area contributed by atoms with Gasteiger partial charge in [-0.05, 0) is 16.9 Å². The summed E-state index contributed by atoms with van der Waals surface area (Å²) in [6.07, 6.45) is 1.97. The number of carbonyl (C=O) groups is 1. The van der Waals surface area contributed by atoms with Crippen molar-refractivity contribution in [2.24, 2.45) is 17.3 Å². The number of hydrogen-bond acceptors (Lipinski definition) is 2. The Morgan fingerprint density at radius 1 is 1.33 bits per heavy atom. The third-order valence-corrected chi connectivity index (χ3v) is 4.09. The maximum atomic E-state index is 11.6. The Balaban J connectivity index is 2.18. The number of halogens is 1. The average molecular weight is 265 g/mol. The minimum Gasteiger partial charge on any atom is -0.469 e. The molecule has 2 nitrogen and oxygen atoms in total. The molecule has 18 heavy (non-hydrogen) atoms. The van der Waals surface area contributed by atoms with Gasteiger partial charge in [0.1, 0.15) is 0 Å². The van der Waals surface area contributed by atoms with Crippen molar-refractivity contribution in [3.63, 3.8) is 0 Å². The first kappa shape index (κ1) is 13.2. The van der Waals surface area contributed by atoms with Gasteiger partial charge in [0.25, 0.3) is 0 Å². The first-order chi connectivity index (χ1) is 8.48. The standard InChI is InChI=1S/C15H17ClO2/c1-15(2)11(13(15)14(17)18-3)9-12(16)10-7-5-4-6-8-10/h4-9,11,13H,1-3H3/b12-9-/t11-,13+/m1/s1. The summed E-state index contributed by atoms with van der Waals surface area (Å²) >= 11 is 6.29. The van der Waals surface area contributed by atoms with Gasteiger partial charge in [-0.25, -0.2) is 0 Å². The van der Waals surface area contributed by atoms with Crippen molar-refractivity contribution >= 4 is 22.6 Å². The number of benzene rings is 1. The summed E-state index contributed by atoms with van der Waals surface area (Å²) in [7, 11) is 1.43. The summed E-state index contributed by atoms with van der Waals surface area (Å²) in [5.74, 6) is -0.0867.